The summed E-state index contributed by atoms with van der Waals surface area (Å²) in [7, 11) is -3.55. The van der Waals surface area contributed by atoms with Gasteiger partial charge in [0, 0.05) is 13.1 Å². The number of fused-ring (bicyclic) bond motifs is 1. The van der Waals surface area contributed by atoms with Gasteiger partial charge < -0.3 is 0 Å². The number of sulfonamides is 1. The van der Waals surface area contributed by atoms with E-state index in [0.717, 1.165) is 22.3 Å². The van der Waals surface area contributed by atoms with Crippen molar-refractivity contribution in [2.24, 2.45) is 0 Å². The molecular formula is C24H23NO2S. The molecule has 0 fully saturated rings. The lowest BCUT2D eigenvalue weighted by Crippen LogP contribution is -2.33. The van der Waals surface area contributed by atoms with Crippen molar-refractivity contribution in [3.8, 4) is 0 Å². The third-order valence-corrected chi connectivity index (χ3v) is 7.00. The Balaban J connectivity index is 1.76. The second kappa shape index (κ2) is 7.74. The first-order chi connectivity index (χ1) is 13.5. The highest BCUT2D eigenvalue weighted by atomic mass is 32.2. The maximum Gasteiger partial charge on any atom is 0.243 e. The van der Waals surface area contributed by atoms with Crippen LogP contribution in [0.2, 0.25) is 0 Å². The highest BCUT2D eigenvalue weighted by molar-refractivity contribution is 7.89. The maximum absolute atomic E-state index is 13.3. The molecule has 0 aromatic heterocycles. The maximum atomic E-state index is 13.3. The first kappa shape index (κ1) is 18.7. The van der Waals surface area contributed by atoms with Gasteiger partial charge in [0.25, 0.3) is 0 Å². The Morgan fingerprint density at radius 2 is 1.54 bits per heavy atom. The molecule has 0 bridgehead atoms. The molecule has 3 aromatic rings. The Kier molecular flexibility index (Phi) is 5.16. The Labute approximate surface area is 167 Å². The van der Waals surface area contributed by atoms with E-state index in [1.807, 2.05) is 61.5 Å². The summed E-state index contributed by atoms with van der Waals surface area (Å²) in [6.45, 7) is 2.79. The molecule has 0 aliphatic carbocycles. The van der Waals surface area contributed by atoms with Crippen molar-refractivity contribution >= 4 is 21.7 Å². The topological polar surface area (TPSA) is 37.4 Å². The van der Waals surface area contributed by atoms with Gasteiger partial charge in [-0.25, -0.2) is 8.42 Å². The summed E-state index contributed by atoms with van der Waals surface area (Å²) < 4.78 is 28.2. The molecule has 4 rings (SSSR count). The lowest BCUT2D eigenvalue weighted by molar-refractivity contribution is 0.454. The van der Waals surface area contributed by atoms with Gasteiger partial charge in [0.1, 0.15) is 0 Å². The SMILES string of the molecule is Cc1ccc(S(=O)(=O)N2CCc3ccccc3/C(=C\c3ccccc3)C2)cc1. The van der Waals surface area contributed by atoms with Crippen LogP contribution < -0.4 is 0 Å². The molecule has 0 saturated carbocycles. The molecule has 0 N–H and O–H groups in total. The normalized spacial score (nSPS) is 16.5. The smallest absolute Gasteiger partial charge is 0.207 e. The second-order valence-electron chi connectivity index (χ2n) is 7.14. The fourth-order valence-corrected chi connectivity index (χ4v) is 5.01. The first-order valence-corrected chi connectivity index (χ1v) is 10.9. The molecule has 0 spiro atoms. The van der Waals surface area contributed by atoms with Crippen molar-refractivity contribution in [3.05, 3.63) is 101 Å². The summed E-state index contributed by atoms with van der Waals surface area (Å²) in [5.74, 6) is 0. The Morgan fingerprint density at radius 1 is 0.857 bits per heavy atom. The summed E-state index contributed by atoms with van der Waals surface area (Å²) >= 11 is 0. The van der Waals surface area contributed by atoms with Gasteiger partial charge in [-0.1, -0.05) is 72.3 Å². The molecule has 0 saturated heterocycles. The molecule has 142 valence electrons. The number of aryl methyl sites for hydroxylation is 1. The van der Waals surface area contributed by atoms with Gasteiger partial charge in [-0.3, -0.25) is 0 Å². The van der Waals surface area contributed by atoms with E-state index in [0.29, 0.717) is 24.4 Å². The molecule has 0 unspecified atom stereocenters. The largest absolute Gasteiger partial charge is 0.243 e. The van der Waals surface area contributed by atoms with Gasteiger partial charge in [-0.05, 0) is 53.8 Å². The van der Waals surface area contributed by atoms with E-state index in [9.17, 15) is 8.42 Å². The van der Waals surface area contributed by atoms with E-state index in [-0.39, 0.29) is 0 Å². The molecule has 1 aliphatic heterocycles. The fourth-order valence-electron chi connectivity index (χ4n) is 3.59. The molecule has 0 atom stereocenters. The molecule has 0 radical (unpaired) electrons. The molecule has 1 heterocycles. The van der Waals surface area contributed by atoms with Gasteiger partial charge >= 0.3 is 0 Å². The molecule has 3 nitrogen and oxygen atoms in total. The van der Waals surface area contributed by atoms with E-state index in [1.165, 1.54) is 5.56 Å². The van der Waals surface area contributed by atoms with E-state index in [4.69, 9.17) is 0 Å². The predicted molar refractivity (Wildman–Crippen MR) is 114 cm³/mol. The summed E-state index contributed by atoms with van der Waals surface area (Å²) in [6.07, 6.45) is 2.80. The van der Waals surface area contributed by atoms with Crippen LogP contribution >= 0.6 is 0 Å². The lowest BCUT2D eigenvalue weighted by atomic mass is 9.97. The monoisotopic (exact) mass is 389 g/mol. The van der Waals surface area contributed by atoms with Crippen LogP contribution in [-0.4, -0.2) is 25.8 Å². The third kappa shape index (κ3) is 3.79. The van der Waals surface area contributed by atoms with E-state index < -0.39 is 10.0 Å². The van der Waals surface area contributed by atoms with Crippen LogP contribution in [0.3, 0.4) is 0 Å². The fraction of sp³-hybridized carbons (Fsp3) is 0.167. The molecule has 1 aliphatic rings. The summed E-state index contributed by atoms with van der Waals surface area (Å²) in [5, 5.41) is 0. The molecule has 28 heavy (non-hydrogen) atoms. The van der Waals surface area contributed by atoms with Crippen LogP contribution in [0.5, 0.6) is 0 Å². The first-order valence-electron chi connectivity index (χ1n) is 9.45. The van der Waals surface area contributed by atoms with Gasteiger partial charge in [0.2, 0.25) is 10.0 Å². The van der Waals surface area contributed by atoms with Crippen LogP contribution in [0.15, 0.2) is 83.8 Å². The van der Waals surface area contributed by atoms with Crippen molar-refractivity contribution in [2.75, 3.05) is 13.1 Å². The van der Waals surface area contributed by atoms with Gasteiger partial charge in [-0.2, -0.15) is 4.31 Å². The standard InChI is InChI=1S/C24H23NO2S/c1-19-11-13-23(14-12-19)28(26,27)25-16-15-21-9-5-6-10-24(21)22(18-25)17-20-7-3-2-4-8-20/h2-14,17H,15-16,18H2,1H3/b22-17-. The zero-order valence-electron chi connectivity index (χ0n) is 15.9. The van der Waals surface area contributed by atoms with Gasteiger partial charge in [-0.15, -0.1) is 0 Å². The molecular weight excluding hydrogens is 366 g/mol. The lowest BCUT2D eigenvalue weighted by Gasteiger charge is -2.21. The zero-order chi connectivity index (χ0) is 19.6. The Morgan fingerprint density at radius 3 is 2.29 bits per heavy atom. The van der Waals surface area contributed by atoms with Crippen molar-refractivity contribution in [2.45, 2.75) is 18.2 Å². The minimum atomic E-state index is -3.55. The molecule has 3 aromatic carbocycles. The Hall–Kier alpha value is -2.69. The molecule has 4 heteroatoms. The van der Waals surface area contributed by atoms with Crippen LogP contribution in [0.25, 0.3) is 11.6 Å². The third-order valence-electron chi connectivity index (χ3n) is 5.14. The number of hydrogen-bond donors (Lipinski definition) is 0. The average molecular weight is 390 g/mol. The van der Waals surface area contributed by atoms with Gasteiger partial charge in [0.15, 0.2) is 0 Å². The van der Waals surface area contributed by atoms with Crippen molar-refractivity contribution < 1.29 is 8.42 Å². The highest BCUT2D eigenvalue weighted by Crippen LogP contribution is 2.29. The minimum Gasteiger partial charge on any atom is -0.207 e. The highest BCUT2D eigenvalue weighted by Gasteiger charge is 2.28. The summed E-state index contributed by atoms with van der Waals surface area (Å²) in [6, 6.07) is 25.4. The molecule has 0 amide bonds. The summed E-state index contributed by atoms with van der Waals surface area (Å²) in [4.78, 5) is 0.350. The van der Waals surface area contributed by atoms with E-state index in [1.54, 1.807) is 16.4 Å². The quantitative estimate of drug-likeness (QED) is 0.646. The van der Waals surface area contributed by atoms with Crippen LogP contribution in [0, 0.1) is 6.92 Å². The zero-order valence-corrected chi connectivity index (χ0v) is 16.7. The minimum absolute atomic E-state index is 0.350. The number of benzene rings is 3. The van der Waals surface area contributed by atoms with Crippen LogP contribution in [-0.2, 0) is 16.4 Å². The van der Waals surface area contributed by atoms with Crippen molar-refractivity contribution in [1.29, 1.82) is 0 Å². The van der Waals surface area contributed by atoms with Crippen LogP contribution in [0.4, 0.5) is 0 Å². The second-order valence-corrected chi connectivity index (χ2v) is 9.08. The number of hydrogen-bond acceptors (Lipinski definition) is 2. The van der Waals surface area contributed by atoms with E-state index >= 15 is 0 Å². The number of rotatable bonds is 3. The predicted octanol–water partition coefficient (Wildman–Crippen LogP) is 4.78. The Bertz CT molecular complexity index is 1100. The van der Waals surface area contributed by atoms with Crippen molar-refractivity contribution in [3.63, 3.8) is 0 Å². The van der Waals surface area contributed by atoms with Crippen molar-refractivity contribution in [1.82, 2.24) is 4.31 Å². The van der Waals surface area contributed by atoms with Crippen LogP contribution in [0.1, 0.15) is 22.3 Å². The van der Waals surface area contributed by atoms with Gasteiger partial charge in [0.05, 0.1) is 4.90 Å². The number of nitrogens with zero attached hydrogens (tertiary/aromatic N) is 1. The van der Waals surface area contributed by atoms with E-state index in [2.05, 4.69) is 18.2 Å². The average Bonchev–Trinajstić information content (AvgIpc) is 2.90. The summed E-state index contributed by atoms with van der Waals surface area (Å²) in [5.41, 5.74) is 5.46.